The lowest BCUT2D eigenvalue weighted by atomic mass is 9.68. The fourth-order valence-electron chi connectivity index (χ4n) is 3.96. The molecule has 124 valence electrons. The van der Waals surface area contributed by atoms with Gasteiger partial charge < -0.3 is 9.47 Å². The van der Waals surface area contributed by atoms with Crippen LogP contribution in [0.5, 0.6) is 0 Å². The Morgan fingerprint density at radius 3 is 2.52 bits per heavy atom. The van der Waals surface area contributed by atoms with E-state index in [4.69, 9.17) is 15.3 Å². The average molecular weight is 298 g/mol. The largest absolute Gasteiger partial charge is 0.378 e. The van der Waals surface area contributed by atoms with E-state index in [-0.39, 0.29) is 11.6 Å². The molecule has 1 saturated carbocycles. The van der Waals surface area contributed by atoms with Crippen molar-refractivity contribution < 1.29 is 9.47 Å². The lowest BCUT2D eigenvalue weighted by molar-refractivity contribution is -0.0887. The zero-order valence-electron chi connectivity index (χ0n) is 14.1. The molecule has 3 N–H and O–H groups in total. The van der Waals surface area contributed by atoms with Gasteiger partial charge in [-0.1, -0.05) is 13.8 Å². The Balaban J connectivity index is 1.85. The fourth-order valence-corrected chi connectivity index (χ4v) is 3.96. The van der Waals surface area contributed by atoms with Gasteiger partial charge in [0.1, 0.15) is 0 Å². The molecule has 1 aliphatic heterocycles. The van der Waals surface area contributed by atoms with E-state index in [1.807, 2.05) is 7.11 Å². The molecule has 4 heteroatoms. The molecule has 2 unspecified atom stereocenters. The van der Waals surface area contributed by atoms with Gasteiger partial charge in [-0.2, -0.15) is 0 Å². The van der Waals surface area contributed by atoms with Crippen LogP contribution in [-0.4, -0.2) is 31.5 Å². The van der Waals surface area contributed by atoms with Crippen LogP contribution >= 0.6 is 0 Å². The van der Waals surface area contributed by atoms with Crippen LogP contribution in [-0.2, 0) is 9.47 Å². The van der Waals surface area contributed by atoms with E-state index in [9.17, 15) is 0 Å². The number of methoxy groups -OCH3 is 1. The SMILES string of the molecule is COC1(C(CCCC2CCCO2)NN)CCC(C)(C)CC1. The Labute approximate surface area is 130 Å². The lowest BCUT2D eigenvalue weighted by Gasteiger charge is -2.47. The second-order valence-electron chi connectivity index (χ2n) is 7.72. The number of hydrogen-bond donors (Lipinski definition) is 2. The van der Waals surface area contributed by atoms with Crippen molar-refractivity contribution in [1.29, 1.82) is 0 Å². The van der Waals surface area contributed by atoms with Crippen LogP contribution in [0.2, 0.25) is 0 Å². The van der Waals surface area contributed by atoms with Crippen molar-refractivity contribution >= 4 is 0 Å². The molecule has 2 fully saturated rings. The molecule has 0 radical (unpaired) electrons. The quantitative estimate of drug-likeness (QED) is 0.560. The molecule has 0 aromatic heterocycles. The normalized spacial score (nSPS) is 29.4. The minimum absolute atomic E-state index is 0.0825. The third-order valence-electron chi connectivity index (χ3n) is 5.74. The average Bonchev–Trinajstić information content (AvgIpc) is 2.98. The van der Waals surface area contributed by atoms with Gasteiger partial charge in [0.15, 0.2) is 0 Å². The molecule has 2 atom stereocenters. The van der Waals surface area contributed by atoms with Crippen molar-refractivity contribution in [3.05, 3.63) is 0 Å². The molecule has 1 heterocycles. The zero-order valence-corrected chi connectivity index (χ0v) is 14.1. The third-order valence-corrected chi connectivity index (χ3v) is 5.74. The summed E-state index contributed by atoms with van der Waals surface area (Å²) in [6.45, 7) is 5.66. The third kappa shape index (κ3) is 4.41. The van der Waals surface area contributed by atoms with Crippen molar-refractivity contribution in [2.75, 3.05) is 13.7 Å². The van der Waals surface area contributed by atoms with Crippen LogP contribution in [0.3, 0.4) is 0 Å². The van der Waals surface area contributed by atoms with Crippen LogP contribution in [0.4, 0.5) is 0 Å². The van der Waals surface area contributed by atoms with E-state index in [0.29, 0.717) is 11.5 Å². The first-order valence-electron chi connectivity index (χ1n) is 8.64. The Bertz CT molecular complexity index is 304. The first-order valence-corrected chi connectivity index (χ1v) is 8.64. The molecule has 2 aliphatic rings. The summed E-state index contributed by atoms with van der Waals surface area (Å²) >= 11 is 0. The van der Waals surface area contributed by atoms with E-state index in [2.05, 4.69) is 19.3 Å². The number of hydrazine groups is 1. The van der Waals surface area contributed by atoms with Gasteiger partial charge in [0.25, 0.3) is 0 Å². The number of nitrogens with one attached hydrogen (secondary N) is 1. The summed E-state index contributed by atoms with van der Waals surface area (Å²) in [5, 5.41) is 0. The Kier molecular flexibility index (Phi) is 6.06. The van der Waals surface area contributed by atoms with Crippen LogP contribution in [0, 0.1) is 5.41 Å². The van der Waals surface area contributed by atoms with Crippen LogP contribution < -0.4 is 11.3 Å². The van der Waals surface area contributed by atoms with Crippen molar-refractivity contribution in [3.8, 4) is 0 Å². The summed E-state index contributed by atoms with van der Waals surface area (Å²) in [6, 6.07) is 0.250. The molecule has 1 saturated heterocycles. The van der Waals surface area contributed by atoms with E-state index in [1.54, 1.807) is 0 Å². The molecule has 4 nitrogen and oxygen atoms in total. The van der Waals surface area contributed by atoms with Gasteiger partial charge in [-0.25, -0.2) is 0 Å². The predicted molar refractivity (Wildman–Crippen MR) is 85.9 cm³/mol. The molecule has 21 heavy (non-hydrogen) atoms. The Hall–Kier alpha value is -0.160. The molecule has 0 amide bonds. The van der Waals surface area contributed by atoms with Gasteiger partial charge in [-0.15, -0.1) is 0 Å². The highest BCUT2D eigenvalue weighted by Gasteiger charge is 2.43. The van der Waals surface area contributed by atoms with E-state index in [1.165, 1.54) is 25.7 Å². The number of nitrogens with two attached hydrogens (primary N) is 1. The van der Waals surface area contributed by atoms with Gasteiger partial charge in [0.2, 0.25) is 0 Å². The molecule has 1 aliphatic carbocycles. The molecule has 0 bridgehead atoms. The molecule has 0 spiro atoms. The molecular weight excluding hydrogens is 264 g/mol. The van der Waals surface area contributed by atoms with Gasteiger partial charge in [0, 0.05) is 13.7 Å². The number of ether oxygens (including phenoxy) is 2. The van der Waals surface area contributed by atoms with Gasteiger partial charge in [0.05, 0.1) is 17.7 Å². The van der Waals surface area contributed by atoms with Crippen LogP contribution in [0.1, 0.15) is 71.6 Å². The van der Waals surface area contributed by atoms with Crippen LogP contribution in [0.15, 0.2) is 0 Å². The maximum Gasteiger partial charge on any atom is 0.0844 e. The molecular formula is C17H34N2O2. The summed E-state index contributed by atoms with van der Waals surface area (Å²) in [4.78, 5) is 0. The van der Waals surface area contributed by atoms with Gasteiger partial charge in [-0.3, -0.25) is 11.3 Å². The Morgan fingerprint density at radius 1 is 1.29 bits per heavy atom. The Morgan fingerprint density at radius 2 is 2.00 bits per heavy atom. The summed E-state index contributed by atoms with van der Waals surface area (Å²) < 4.78 is 11.7. The van der Waals surface area contributed by atoms with Crippen molar-refractivity contribution in [2.45, 2.75) is 89.4 Å². The zero-order chi connectivity index (χ0) is 15.3. The highest BCUT2D eigenvalue weighted by atomic mass is 16.5. The van der Waals surface area contributed by atoms with Crippen molar-refractivity contribution in [2.24, 2.45) is 11.3 Å². The minimum atomic E-state index is -0.0825. The van der Waals surface area contributed by atoms with Crippen molar-refractivity contribution in [3.63, 3.8) is 0 Å². The van der Waals surface area contributed by atoms with E-state index < -0.39 is 0 Å². The minimum Gasteiger partial charge on any atom is -0.378 e. The van der Waals surface area contributed by atoms with E-state index in [0.717, 1.165) is 38.7 Å². The maximum absolute atomic E-state index is 5.97. The first kappa shape index (κ1) is 17.2. The summed E-state index contributed by atoms with van der Waals surface area (Å²) in [5.74, 6) is 5.86. The summed E-state index contributed by atoms with van der Waals surface area (Å²) in [7, 11) is 1.85. The smallest absolute Gasteiger partial charge is 0.0844 e. The molecule has 0 aromatic carbocycles. The second kappa shape index (κ2) is 7.40. The van der Waals surface area contributed by atoms with Crippen molar-refractivity contribution in [1.82, 2.24) is 5.43 Å². The number of hydrogen-bond acceptors (Lipinski definition) is 4. The molecule has 0 aromatic rings. The number of rotatable bonds is 7. The van der Waals surface area contributed by atoms with Crippen LogP contribution in [0.25, 0.3) is 0 Å². The fraction of sp³-hybridized carbons (Fsp3) is 1.00. The monoisotopic (exact) mass is 298 g/mol. The highest BCUT2D eigenvalue weighted by Crippen LogP contribution is 2.44. The molecule has 2 rings (SSSR count). The summed E-state index contributed by atoms with van der Waals surface area (Å²) in [5.41, 5.74) is 3.41. The highest BCUT2D eigenvalue weighted by molar-refractivity contribution is 4.98. The lowest BCUT2D eigenvalue weighted by Crippen LogP contribution is -2.56. The van der Waals surface area contributed by atoms with E-state index >= 15 is 0 Å². The standard InChI is InChI=1S/C17H34N2O2/c1-16(2)9-11-17(20-3,12-10-16)15(19-18)8-4-6-14-7-5-13-21-14/h14-15,19H,4-13,18H2,1-3H3. The predicted octanol–water partition coefficient (Wildman–Crippen LogP) is 3.15. The topological polar surface area (TPSA) is 56.5 Å². The van der Waals surface area contributed by atoms with Gasteiger partial charge in [-0.05, 0) is 63.2 Å². The second-order valence-corrected chi connectivity index (χ2v) is 7.72. The summed E-state index contributed by atoms with van der Waals surface area (Å²) in [6.07, 6.45) is 11.0. The maximum atomic E-state index is 5.97. The first-order chi connectivity index (χ1) is 10.0. The van der Waals surface area contributed by atoms with Gasteiger partial charge >= 0.3 is 0 Å².